The average molecular weight is 300 g/mol. The second-order valence-electron chi connectivity index (χ2n) is 5.87. The Kier molecular flexibility index (Phi) is 4.70. The van der Waals surface area contributed by atoms with Gasteiger partial charge < -0.3 is 10.3 Å². The number of imidazole rings is 1. The van der Waals surface area contributed by atoms with Gasteiger partial charge in [0.2, 0.25) is 0 Å². The summed E-state index contributed by atoms with van der Waals surface area (Å²) in [7, 11) is -1.94. The molecule has 0 amide bonds. The molecule has 0 aliphatic heterocycles. The minimum absolute atomic E-state index is 0.0475. The Bertz CT molecular complexity index is 533. The molecule has 0 aromatic carbocycles. The molecule has 0 radical (unpaired) electrons. The molecule has 1 aromatic heterocycles. The Balaban J connectivity index is 1.90. The molecule has 0 saturated heterocycles. The maximum atomic E-state index is 12.2. The van der Waals surface area contributed by atoms with E-state index in [-0.39, 0.29) is 10.8 Å². The lowest BCUT2D eigenvalue weighted by molar-refractivity contribution is 0.271. The number of hydrogen-bond donors (Lipinski definition) is 2. The topological polar surface area (TPSA) is 90.0 Å². The Labute approximate surface area is 120 Å². The van der Waals surface area contributed by atoms with Crippen molar-refractivity contribution >= 4 is 15.8 Å². The van der Waals surface area contributed by atoms with Gasteiger partial charge in [-0.1, -0.05) is 26.2 Å². The van der Waals surface area contributed by atoms with Gasteiger partial charge in [-0.3, -0.25) is 0 Å². The highest BCUT2D eigenvalue weighted by Gasteiger charge is 2.23. The van der Waals surface area contributed by atoms with Crippen molar-refractivity contribution in [3.8, 4) is 0 Å². The van der Waals surface area contributed by atoms with Crippen molar-refractivity contribution in [2.75, 3.05) is 12.3 Å². The molecule has 0 spiro atoms. The Hall–Kier alpha value is -1.08. The van der Waals surface area contributed by atoms with Crippen LogP contribution in [0, 0.1) is 11.8 Å². The summed E-state index contributed by atoms with van der Waals surface area (Å²) in [5.41, 5.74) is 5.61. The number of nitrogen functional groups attached to an aromatic ring is 1. The highest BCUT2D eigenvalue weighted by Crippen LogP contribution is 2.30. The number of aryl methyl sites for hydroxylation is 1. The van der Waals surface area contributed by atoms with Crippen LogP contribution in [-0.2, 0) is 17.1 Å². The average Bonchev–Trinajstić information content (AvgIpc) is 2.69. The predicted molar refractivity (Wildman–Crippen MR) is 78.5 cm³/mol. The van der Waals surface area contributed by atoms with Gasteiger partial charge in [0.1, 0.15) is 0 Å². The normalized spacial score (nSPS) is 23.9. The van der Waals surface area contributed by atoms with Crippen molar-refractivity contribution in [1.29, 1.82) is 0 Å². The first-order valence-electron chi connectivity index (χ1n) is 7.16. The summed E-state index contributed by atoms with van der Waals surface area (Å²) < 4.78 is 28.4. The molecule has 2 rings (SSSR count). The number of nitrogens with two attached hydrogens (primary N) is 1. The lowest BCUT2D eigenvalue weighted by atomic mass is 9.81. The molecule has 1 fully saturated rings. The Morgan fingerprint density at radius 3 is 2.85 bits per heavy atom. The molecule has 3 N–H and O–H groups in total. The zero-order chi connectivity index (χ0) is 14.8. The van der Waals surface area contributed by atoms with Crippen molar-refractivity contribution in [1.82, 2.24) is 14.3 Å². The van der Waals surface area contributed by atoms with Crippen LogP contribution in [0.5, 0.6) is 0 Å². The van der Waals surface area contributed by atoms with Gasteiger partial charge in [0.15, 0.2) is 10.8 Å². The SMILES string of the molecule is CC1CCCC(CCNS(=O)(=O)c2c(N)ncn2C)C1. The van der Waals surface area contributed by atoms with Gasteiger partial charge in [0.25, 0.3) is 10.0 Å². The van der Waals surface area contributed by atoms with E-state index in [1.165, 1.54) is 36.6 Å². The molecule has 1 aliphatic rings. The zero-order valence-corrected chi connectivity index (χ0v) is 13.0. The standard InChI is InChI=1S/C13H24N4O2S/c1-10-4-3-5-11(8-10)6-7-16-20(18,19)13-12(14)15-9-17(13)2/h9-11,16H,3-8,14H2,1-2H3. The summed E-state index contributed by atoms with van der Waals surface area (Å²) in [6, 6.07) is 0. The maximum Gasteiger partial charge on any atom is 0.260 e. The van der Waals surface area contributed by atoms with Gasteiger partial charge in [0.05, 0.1) is 6.33 Å². The number of hydrogen-bond acceptors (Lipinski definition) is 4. The number of nitrogens with one attached hydrogen (secondary N) is 1. The molecule has 1 saturated carbocycles. The molecular formula is C13H24N4O2S. The van der Waals surface area contributed by atoms with Crippen molar-refractivity contribution < 1.29 is 8.42 Å². The largest absolute Gasteiger partial charge is 0.381 e. The summed E-state index contributed by atoms with van der Waals surface area (Å²) in [6.45, 7) is 2.73. The first-order valence-corrected chi connectivity index (χ1v) is 8.65. The van der Waals surface area contributed by atoms with Crippen LogP contribution in [0.3, 0.4) is 0 Å². The fourth-order valence-corrected chi connectivity index (χ4v) is 4.33. The molecule has 1 aromatic rings. The lowest BCUT2D eigenvalue weighted by Gasteiger charge is -2.26. The van der Waals surface area contributed by atoms with E-state index < -0.39 is 10.0 Å². The van der Waals surface area contributed by atoms with Crippen LogP contribution in [0.4, 0.5) is 5.82 Å². The number of sulfonamides is 1. The molecule has 2 unspecified atom stereocenters. The Morgan fingerprint density at radius 2 is 2.25 bits per heavy atom. The van der Waals surface area contributed by atoms with Gasteiger partial charge in [0, 0.05) is 13.6 Å². The molecule has 114 valence electrons. The van der Waals surface area contributed by atoms with Crippen molar-refractivity contribution in [3.63, 3.8) is 0 Å². The summed E-state index contributed by atoms with van der Waals surface area (Å²) in [5.74, 6) is 1.44. The van der Waals surface area contributed by atoms with Gasteiger partial charge in [-0.25, -0.2) is 18.1 Å². The van der Waals surface area contributed by atoms with Crippen LogP contribution >= 0.6 is 0 Å². The van der Waals surface area contributed by atoms with Crippen LogP contribution in [0.1, 0.15) is 39.0 Å². The van der Waals surface area contributed by atoms with Crippen LogP contribution in [-0.4, -0.2) is 24.5 Å². The number of nitrogens with zero attached hydrogens (tertiary/aromatic N) is 2. The van der Waals surface area contributed by atoms with E-state index in [1.807, 2.05) is 0 Å². The lowest BCUT2D eigenvalue weighted by Crippen LogP contribution is -2.29. The fraction of sp³-hybridized carbons (Fsp3) is 0.769. The summed E-state index contributed by atoms with van der Waals surface area (Å²) in [6.07, 6.45) is 7.27. The van der Waals surface area contributed by atoms with E-state index in [2.05, 4.69) is 16.6 Å². The smallest absolute Gasteiger partial charge is 0.260 e. The van der Waals surface area contributed by atoms with Crippen LogP contribution in [0.2, 0.25) is 0 Å². The van der Waals surface area contributed by atoms with E-state index in [4.69, 9.17) is 5.73 Å². The third-order valence-electron chi connectivity index (χ3n) is 4.05. The first-order chi connectivity index (χ1) is 9.40. The molecule has 1 heterocycles. The summed E-state index contributed by atoms with van der Waals surface area (Å²) in [5, 5.41) is 0.0505. The minimum atomic E-state index is -3.57. The third-order valence-corrected chi connectivity index (χ3v) is 5.64. The molecular weight excluding hydrogens is 276 g/mol. The first kappa shape index (κ1) is 15.3. The van der Waals surface area contributed by atoms with Gasteiger partial charge in [-0.05, 0) is 24.7 Å². The molecule has 20 heavy (non-hydrogen) atoms. The molecule has 6 nitrogen and oxygen atoms in total. The van der Waals surface area contributed by atoms with E-state index in [0.29, 0.717) is 12.5 Å². The molecule has 7 heteroatoms. The van der Waals surface area contributed by atoms with E-state index in [1.54, 1.807) is 7.05 Å². The summed E-state index contributed by atoms with van der Waals surface area (Å²) >= 11 is 0. The fourth-order valence-electron chi connectivity index (χ4n) is 3.05. The number of aromatic nitrogens is 2. The Morgan fingerprint density at radius 1 is 1.50 bits per heavy atom. The van der Waals surface area contributed by atoms with Crippen LogP contribution in [0.15, 0.2) is 11.4 Å². The van der Waals surface area contributed by atoms with Gasteiger partial charge in [-0.2, -0.15) is 0 Å². The van der Waals surface area contributed by atoms with Crippen LogP contribution < -0.4 is 10.5 Å². The van der Waals surface area contributed by atoms with Crippen molar-refractivity contribution in [3.05, 3.63) is 6.33 Å². The zero-order valence-electron chi connectivity index (χ0n) is 12.2. The maximum absolute atomic E-state index is 12.2. The van der Waals surface area contributed by atoms with Crippen molar-refractivity contribution in [2.45, 2.75) is 44.1 Å². The molecule has 0 bridgehead atoms. The van der Waals surface area contributed by atoms with E-state index in [9.17, 15) is 8.42 Å². The third kappa shape index (κ3) is 3.52. The van der Waals surface area contributed by atoms with Crippen molar-refractivity contribution in [2.24, 2.45) is 18.9 Å². The quantitative estimate of drug-likeness (QED) is 0.862. The number of rotatable bonds is 5. The van der Waals surface area contributed by atoms with Crippen LogP contribution in [0.25, 0.3) is 0 Å². The second kappa shape index (κ2) is 6.13. The molecule has 2 atom stereocenters. The number of anilines is 1. The monoisotopic (exact) mass is 300 g/mol. The highest BCUT2D eigenvalue weighted by atomic mass is 32.2. The summed E-state index contributed by atoms with van der Waals surface area (Å²) in [4.78, 5) is 3.81. The van der Waals surface area contributed by atoms with Gasteiger partial charge in [-0.15, -0.1) is 0 Å². The predicted octanol–water partition coefficient (Wildman–Crippen LogP) is 1.50. The second-order valence-corrected chi connectivity index (χ2v) is 7.55. The van der Waals surface area contributed by atoms with E-state index in [0.717, 1.165) is 12.3 Å². The minimum Gasteiger partial charge on any atom is -0.381 e. The highest BCUT2D eigenvalue weighted by molar-refractivity contribution is 7.89. The van der Waals surface area contributed by atoms with Gasteiger partial charge >= 0.3 is 0 Å². The molecule has 1 aliphatic carbocycles. The van der Waals surface area contributed by atoms with E-state index >= 15 is 0 Å².